The highest BCUT2D eigenvalue weighted by molar-refractivity contribution is 6.01. The maximum absolute atomic E-state index is 12.1. The Morgan fingerprint density at radius 3 is 2.52 bits per heavy atom. The molecule has 0 fully saturated rings. The quantitative estimate of drug-likeness (QED) is 0.711. The number of anilines is 1. The Morgan fingerprint density at radius 2 is 1.84 bits per heavy atom. The molecule has 0 aliphatic rings. The van der Waals surface area contributed by atoms with Crippen molar-refractivity contribution in [1.82, 2.24) is 4.98 Å². The van der Waals surface area contributed by atoms with Crippen molar-refractivity contribution in [2.24, 2.45) is 0 Å². The molecule has 0 spiro atoms. The Labute approximate surface area is 139 Å². The average Bonchev–Trinajstić information content (AvgIpc) is 2.96. The average molecular weight is 348 g/mol. The van der Waals surface area contributed by atoms with E-state index in [2.05, 4.69) is 15.0 Å². The predicted molar refractivity (Wildman–Crippen MR) is 84.8 cm³/mol. The maximum atomic E-state index is 12.1. The standard InChI is InChI=1S/C17H11F3N2O3/c18-17(19,20)25-12-7-5-11(6-8-12)21-15(23)9-10-16-22-13-3-1-2-4-14(13)24-16/h1-10H,(H,21,23)/b10-9+. The number of carbonyl (C=O) groups is 1. The van der Waals surface area contributed by atoms with Crippen molar-refractivity contribution in [1.29, 1.82) is 0 Å². The third kappa shape index (κ3) is 4.60. The summed E-state index contributed by atoms with van der Waals surface area (Å²) < 4.78 is 45.4. The molecule has 5 nitrogen and oxygen atoms in total. The van der Waals surface area contributed by atoms with Gasteiger partial charge < -0.3 is 14.5 Å². The SMILES string of the molecule is O=C(/C=C/c1nc2ccccc2o1)Nc1ccc(OC(F)(F)F)cc1. The highest BCUT2D eigenvalue weighted by Gasteiger charge is 2.30. The molecule has 0 bridgehead atoms. The number of fused-ring (bicyclic) bond motifs is 1. The summed E-state index contributed by atoms with van der Waals surface area (Å²) in [5.74, 6) is -0.579. The first-order chi connectivity index (χ1) is 11.9. The first-order valence-electron chi connectivity index (χ1n) is 7.09. The van der Waals surface area contributed by atoms with Crippen LogP contribution in [-0.2, 0) is 4.79 Å². The summed E-state index contributed by atoms with van der Waals surface area (Å²) in [6, 6.07) is 12.0. The number of oxazole rings is 1. The molecule has 0 atom stereocenters. The van der Waals surface area contributed by atoms with E-state index in [1.165, 1.54) is 24.3 Å². The number of halogens is 3. The molecule has 8 heteroatoms. The zero-order valence-corrected chi connectivity index (χ0v) is 12.6. The van der Waals surface area contributed by atoms with Crippen LogP contribution in [0.25, 0.3) is 17.2 Å². The number of nitrogens with one attached hydrogen (secondary N) is 1. The number of carbonyl (C=O) groups excluding carboxylic acids is 1. The van der Waals surface area contributed by atoms with Gasteiger partial charge in [-0.1, -0.05) is 12.1 Å². The van der Waals surface area contributed by atoms with Gasteiger partial charge in [0.05, 0.1) is 0 Å². The minimum absolute atomic E-state index is 0.269. The molecule has 0 aliphatic carbocycles. The van der Waals surface area contributed by atoms with Crippen molar-refractivity contribution in [3.63, 3.8) is 0 Å². The summed E-state index contributed by atoms with van der Waals surface area (Å²) in [7, 11) is 0. The molecule has 0 saturated heterocycles. The number of aromatic nitrogens is 1. The summed E-state index contributed by atoms with van der Waals surface area (Å²) in [6.07, 6.45) is -2.14. The van der Waals surface area contributed by atoms with Gasteiger partial charge in [0, 0.05) is 17.8 Å². The second-order valence-corrected chi connectivity index (χ2v) is 4.91. The second-order valence-electron chi connectivity index (χ2n) is 4.91. The van der Waals surface area contributed by atoms with Crippen LogP contribution in [0.15, 0.2) is 59.0 Å². The van der Waals surface area contributed by atoms with Gasteiger partial charge in [0.2, 0.25) is 11.8 Å². The lowest BCUT2D eigenvalue weighted by molar-refractivity contribution is -0.274. The molecule has 1 amide bonds. The summed E-state index contributed by atoms with van der Waals surface area (Å²) in [5.41, 5.74) is 1.59. The molecule has 128 valence electrons. The number of alkyl halides is 3. The number of hydrogen-bond acceptors (Lipinski definition) is 4. The van der Waals surface area contributed by atoms with E-state index in [9.17, 15) is 18.0 Å². The van der Waals surface area contributed by atoms with E-state index in [4.69, 9.17) is 4.42 Å². The summed E-state index contributed by atoms with van der Waals surface area (Å²) in [5, 5.41) is 2.50. The molecular formula is C17H11F3N2O3. The van der Waals surface area contributed by atoms with Crippen LogP contribution in [-0.4, -0.2) is 17.3 Å². The molecule has 0 radical (unpaired) electrons. The van der Waals surface area contributed by atoms with Crippen LogP contribution < -0.4 is 10.1 Å². The molecule has 0 saturated carbocycles. The van der Waals surface area contributed by atoms with E-state index < -0.39 is 12.3 Å². The monoisotopic (exact) mass is 348 g/mol. The number of amides is 1. The number of para-hydroxylation sites is 2. The maximum Gasteiger partial charge on any atom is 0.573 e. The number of hydrogen-bond donors (Lipinski definition) is 1. The smallest absolute Gasteiger partial charge is 0.437 e. The Bertz CT molecular complexity index is 882. The number of nitrogens with zero attached hydrogens (tertiary/aromatic N) is 1. The van der Waals surface area contributed by atoms with E-state index in [-0.39, 0.29) is 11.6 Å². The first kappa shape index (κ1) is 16.6. The summed E-state index contributed by atoms with van der Waals surface area (Å²) in [4.78, 5) is 16.0. The minimum atomic E-state index is -4.76. The largest absolute Gasteiger partial charge is 0.573 e. The van der Waals surface area contributed by atoms with E-state index in [1.807, 2.05) is 6.07 Å². The van der Waals surface area contributed by atoms with Gasteiger partial charge in [-0.3, -0.25) is 4.79 Å². The van der Waals surface area contributed by atoms with Crippen LogP contribution in [0, 0.1) is 0 Å². The molecule has 1 heterocycles. The van der Waals surface area contributed by atoms with Gasteiger partial charge in [-0.15, -0.1) is 13.2 Å². The van der Waals surface area contributed by atoms with Crippen molar-refractivity contribution < 1.29 is 27.1 Å². The van der Waals surface area contributed by atoms with Crippen LogP contribution in [0.5, 0.6) is 5.75 Å². The number of ether oxygens (including phenoxy) is 1. The van der Waals surface area contributed by atoms with Crippen LogP contribution in [0.2, 0.25) is 0 Å². The lowest BCUT2D eigenvalue weighted by atomic mass is 10.3. The Balaban J connectivity index is 1.62. The normalized spacial score (nSPS) is 11.8. The Kier molecular flexibility index (Phi) is 4.42. The molecule has 0 unspecified atom stereocenters. The minimum Gasteiger partial charge on any atom is -0.437 e. The highest BCUT2D eigenvalue weighted by atomic mass is 19.4. The van der Waals surface area contributed by atoms with Crippen LogP contribution in [0.3, 0.4) is 0 Å². The lowest BCUT2D eigenvalue weighted by Crippen LogP contribution is -2.17. The van der Waals surface area contributed by atoms with Gasteiger partial charge in [-0.05, 0) is 36.4 Å². The number of benzene rings is 2. The lowest BCUT2D eigenvalue weighted by Gasteiger charge is -2.09. The van der Waals surface area contributed by atoms with Gasteiger partial charge in [0.25, 0.3) is 0 Å². The topological polar surface area (TPSA) is 64.4 Å². The molecule has 25 heavy (non-hydrogen) atoms. The fraction of sp³-hybridized carbons (Fsp3) is 0.0588. The van der Waals surface area contributed by atoms with E-state index >= 15 is 0 Å². The van der Waals surface area contributed by atoms with Gasteiger partial charge in [0.15, 0.2) is 5.58 Å². The summed E-state index contributed by atoms with van der Waals surface area (Å²) >= 11 is 0. The fourth-order valence-corrected chi connectivity index (χ4v) is 2.03. The molecule has 3 rings (SSSR count). The van der Waals surface area contributed by atoms with Crippen molar-refractivity contribution >= 4 is 28.8 Å². The third-order valence-corrected chi connectivity index (χ3v) is 3.04. The Hall–Kier alpha value is -3.29. The fourth-order valence-electron chi connectivity index (χ4n) is 2.03. The van der Waals surface area contributed by atoms with Crippen LogP contribution in [0.1, 0.15) is 5.89 Å². The van der Waals surface area contributed by atoms with Crippen molar-refractivity contribution in [2.75, 3.05) is 5.32 Å². The van der Waals surface area contributed by atoms with Crippen LogP contribution >= 0.6 is 0 Å². The molecule has 1 N–H and O–H groups in total. The second kappa shape index (κ2) is 6.68. The Morgan fingerprint density at radius 1 is 1.12 bits per heavy atom. The van der Waals surface area contributed by atoms with Crippen molar-refractivity contribution in [3.8, 4) is 5.75 Å². The van der Waals surface area contributed by atoms with Gasteiger partial charge >= 0.3 is 6.36 Å². The molecule has 0 aliphatic heterocycles. The van der Waals surface area contributed by atoms with Crippen LogP contribution in [0.4, 0.5) is 18.9 Å². The zero-order valence-electron chi connectivity index (χ0n) is 12.6. The first-order valence-corrected chi connectivity index (χ1v) is 7.09. The molecule has 1 aromatic heterocycles. The third-order valence-electron chi connectivity index (χ3n) is 3.04. The molecule has 3 aromatic rings. The molecular weight excluding hydrogens is 337 g/mol. The van der Waals surface area contributed by atoms with Gasteiger partial charge in [-0.2, -0.15) is 0 Å². The zero-order chi connectivity index (χ0) is 17.9. The van der Waals surface area contributed by atoms with E-state index in [1.54, 1.807) is 18.2 Å². The van der Waals surface area contributed by atoms with E-state index in [0.29, 0.717) is 16.8 Å². The van der Waals surface area contributed by atoms with Gasteiger partial charge in [0.1, 0.15) is 11.3 Å². The van der Waals surface area contributed by atoms with Gasteiger partial charge in [-0.25, -0.2) is 4.98 Å². The van der Waals surface area contributed by atoms with Crippen molar-refractivity contribution in [2.45, 2.75) is 6.36 Å². The highest BCUT2D eigenvalue weighted by Crippen LogP contribution is 2.24. The molecule has 2 aromatic carbocycles. The van der Waals surface area contributed by atoms with E-state index in [0.717, 1.165) is 12.1 Å². The number of rotatable bonds is 4. The van der Waals surface area contributed by atoms with Crippen molar-refractivity contribution in [3.05, 3.63) is 60.5 Å². The predicted octanol–water partition coefficient (Wildman–Crippen LogP) is 4.38. The summed E-state index contributed by atoms with van der Waals surface area (Å²) in [6.45, 7) is 0.